The molecule has 2 aliphatic heterocycles. The zero-order chi connectivity index (χ0) is 18.7. The standard InChI is InChI=1S/C19H25F3N2O2/c1-23-9-5-14(6-10-23)15-3-2-4-17(13-15)24(22)18(25)19(20,21)16-7-11-26-12-8-16/h2-4,13-14,16H,5-12H2,1H3. The van der Waals surface area contributed by atoms with Gasteiger partial charge >= 0.3 is 11.8 Å². The summed E-state index contributed by atoms with van der Waals surface area (Å²) >= 11 is 0. The van der Waals surface area contributed by atoms with Gasteiger partial charge in [-0.15, -0.1) is 5.12 Å². The molecule has 26 heavy (non-hydrogen) atoms. The second-order valence-corrected chi connectivity index (χ2v) is 7.27. The van der Waals surface area contributed by atoms with E-state index >= 15 is 0 Å². The first kappa shape index (κ1) is 19.2. The van der Waals surface area contributed by atoms with Crippen LogP contribution in [-0.4, -0.2) is 50.1 Å². The van der Waals surface area contributed by atoms with Gasteiger partial charge in [-0.25, -0.2) is 0 Å². The summed E-state index contributed by atoms with van der Waals surface area (Å²) in [6.07, 6.45) is 1.97. The number of hydrogen-bond acceptors (Lipinski definition) is 3. The number of alkyl halides is 2. The summed E-state index contributed by atoms with van der Waals surface area (Å²) in [7, 11) is 2.05. The molecule has 3 rings (SSSR count). The van der Waals surface area contributed by atoms with E-state index in [0.717, 1.165) is 31.5 Å². The molecule has 144 valence electrons. The summed E-state index contributed by atoms with van der Waals surface area (Å²) in [6.45, 7) is 2.22. The Balaban J connectivity index is 1.73. The fourth-order valence-electron chi connectivity index (χ4n) is 3.73. The van der Waals surface area contributed by atoms with E-state index in [-0.39, 0.29) is 42.8 Å². The van der Waals surface area contributed by atoms with Crippen LogP contribution in [-0.2, 0) is 9.53 Å². The Labute approximate surface area is 151 Å². The Kier molecular flexibility index (Phi) is 5.87. The summed E-state index contributed by atoms with van der Waals surface area (Å²) in [4.78, 5) is 14.4. The summed E-state index contributed by atoms with van der Waals surface area (Å²) in [6, 6.07) is 6.37. The Morgan fingerprint density at radius 1 is 1.19 bits per heavy atom. The molecule has 1 amide bonds. The molecular formula is C19H25F3N2O2. The number of halogens is 3. The van der Waals surface area contributed by atoms with E-state index in [1.807, 2.05) is 13.1 Å². The van der Waals surface area contributed by atoms with Crippen molar-refractivity contribution in [2.75, 3.05) is 38.5 Å². The Bertz CT molecular complexity index is 627. The molecule has 0 radical (unpaired) electrons. The van der Waals surface area contributed by atoms with Crippen molar-refractivity contribution >= 4 is 11.6 Å². The normalized spacial score (nSPS) is 20.9. The number of rotatable bonds is 4. The predicted molar refractivity (Wildman–Crippen MR) is 93.0 cm³/mol. The van der Waals surface area contributed by atoms with Gasteiger partial charge in [0, 0.05) is 19.1 Å². The van der Waals surface area contributed by atoms with Gasteiger partial charge in [0.1, 0.15) is 0 Å². The van der Waals surface area contributed by atoms with Crippen LogP contribution < -0.4 is 5.12 Å². The lowest BCUT2D eigenvalue weighted by molar-refractivity contribution is -0.159. The van der Waals surface area contributed by atoms with E-state index in [1.54, 1.807) is 6.07 Å². The summed E-state index contributed by atoms with van der Waals surface area (Å²) in [5.74, 6) is -6.45. The molecule has 1 aromatic rings. The molecule has 0 saturated carbocycles. The molecule has 0 atom stereocenters. The minimum atomic E-state index is -3.73. The highest BCUT2D eigenvalue weighted by molar-refractivity contribution is 5.96. The van der Waals surface area contributed by atoms with Gasteiger partial charge in [-0.05, 0) is 69.4 Å². The van der Waals surface area contributed by atoms with Crippen LogP contribution in [0.15, 0.2) is 24.3 Å². The fraction of sp³-hybridized carbons (Fsp3) is 0.632. The molecule has 0 aliphatic carbocycles. The zero-order valence-electron chi connectivity index (χ0n) is 15.0. The first-order valence-electron chi connectivity index (χ1n) is 9.14. The number of anilines is 1. The Hall–Kier alpha value is -1.60. The van der Waals surface area contributed by atoms with Crippen LogP contribution in [0.3, 0.4) is 0 Å². The summed E-state index contributed by atoms with van der Waals surface area (Å²) < 4.78 is 48.5. The maximum Gasteiger partial charge on any atom is 0.330 e. The first-order valence-corrected chi connectivity index (χ1v) is 9.14. The molecule has 0 aromatic heterocycles. The molecule has 0 bridgehead atoms. The van der Waals surface area contributed by atoms with Crippen LogP contribution in [0.5, 0.6) is 0 Å². The van der Waals surface area contributed by atoms with E-state index in [9.17, 15) is 18.1 Å². The molecule has 4 nitrogen and oxygen atoms in total. The second-order valence-electron chi connectivity index (χ2n) is 7.27. The number of benzene rings is 1. The molecule has 0 N–H and O–H groups in total. The smallest absolute Gasteiger partial charge is 0.330 e. The number of carbonyl (C=O) groups excluding carboxylic acids is 1. The van der Waals surface area contributed by atoms with Gasteiger partial charge in [0.2, 0.25) is 0 Å². The second kappa shape index (κ2) is 7.96. The lowest BCUT2D eigenvalue weighted by atomic mass is 9.89. The van der Waals surface area contributed by atoms with E-state index in [0.29, 0.717) is 0 Å². The van der Waals surface area contributed by atoms with Crippen molar-refractivity contribution in [1.29, 1.82) is 0 Å². The maximum absolute atomic E-state index is 14.6. The SMILES string of the molecule is CN1CCC(c2cccc(N(F)C(=O)C(F)(F)C3CCOCC3)c2)CC1. The van der Waals surface area contributed by atoms with Crippen molar-refractivity contribution in [3.05, 3.63) is 29.8 Å². The highest BCUT2D eigenvalue weighted by atomic mass is 19.3. The predicted octanol–water partition coefficient (Wildman–Crippen LogP) is 3.78. The van der Waals surface area contributed by atoms with Crippen LogP contribution in [0.25, 0.3) is 0 Å². The lowest BCUT2D eigenvalue weighted by Gasteiger charge is -2.31. The fourth-order valence-corrected chi connectivity index (χ4v) is 3.73. The van der Waals surface area contributed by atoms with Crippen molar-refractivity contribution in [3.63, 3.8) is 0 Å². The number of ether oxygens (including phenoxy) is 1. The molecule has 7 heteroatoms. The third kappa shape index (κ3) is 4.04. The van der Waals surface area contributed by atoms with E-state index in [4.69, 9.17) is 4.74 Å². The van der Waals surface area contributed by atoms with Crippen molar-refractivity contribution in [3.8, 4) is 0 Å². The van der Waals surface area contributed by atoms with Gasteiger partial charge in [0.25, 0.3) is 0 Å². The topological polar surface area (TPSA) is 32.8 Å². The Morgan fingerprint density at radius 2 is 1.85 bits per heavy atom. The average molecular weight is 370 g/mol. The average Bonchev–Trinajstić information content (AvgIpc) is 2.68. The zero-order valence-corrected chi connectivity index (χ0v) is 15.0. The van der Waals surface area contributed by atoms with E-state index < -0.39 is 17.7 Å². The summed E-state index contributed by atoms with van der Waals surface area (Å²) in [5.41, 5.74) is 0.763. The van der Waals surface area contributed by atoms with E-state index in [1.165, 1.54) is 12.1 Å². The van der Waals surface area contributed by atoms with Gasteiger partial charge in [0.05, 0.1) is 5.69 Å². The lowest BCUT2D eigenvalue weighted by Crippen LogP contribution is -2.46. The van der Waals surface area contributed by atoms with Crippen molar-refractivity contribution in [2.24, 2.45) is 5.92 Å². The van der Waals surface area contributed by atoms with Crippen LogP contribution in [0.2, 0.25) is 0 Å². The first-order chi connectivity index (χ1) is 12.4. The van der Waals surface area contributed by atoms with Crippen LogP contribution in [0.1, 0.15) is 37.2 Å². The monoisotopic (exact) mass is 370 g/mol. The molecule has 0 spiro atoms. The van der Waals surface area contributed by atoms with Gasteiger partial charge in [-0.2, -0.15) is 8.78 Å². The van der Waals surface area contributed by atoms with Gasteiger partial charge < -0.3 is 9.64 Å². The van der Waals surface area contributed by atoms with Crippen LogP contribution >= 0.6 is 0 Å². The number of hydrogen-bond donors (Lipinski definition) is 0. The molecule has 1 aromatic carbocycles. The van der Waals surface area contributed by atoms with Crippen LogP contribution in [0, 0.1) is 5.92 Å². The highest BCUT2D eigenvalue weighted by Gasteiger charge is 2.50. The largest absolute Gasteiger partial charge is 0.381 e. The summed E-state index contributed by atoms with van der Waals surface area (Å²) in [5, 5.41) is -0.381. The van der Waals surface area contributed by atoms with Gasteiger partial charge in [0.15, 0.2) is 0 Å². The number of piperidine rings is 1. The number of nitrogens with zero attached hydrogens (tertiary/aromatic N) is 2. The molecule has 2 fully saturated rings. The van der Waals surface area contributed by atoms with Gasteiger partial charge in [-0.3, -0.25) is 4.79 Å². The molecule has 2 saturated heterocycles. The molecule has 0 unspecified atom stereocenters. The van der Waals surface area contributed by atoms with Gasteiger partial charge in [-0.1, -0.05) is 16.6 Å². The third-order valence-corrected chi connectivity index (χ3v) is 5.48. The molecular weight excluding hydrogens is 345 g/mol. The van der Waals surface area contributed by atoms with Crippen molar-refractivity contribution in [2.45, 2.75) is 37.5 Å². The number of carbonyl (C=O) groups is 1. The highest BCUT2D eigenvalue weighted by Crippen LogP contribution is 2.36. The van der Waals surface area contributed by atoms with Crippen molar-refractivity contribution in [1.82, 2.24) is 4.90 Å². The minimum absolute atomic E-state index is 0.0577. The third-order valence-electron chi connectivity index (χ3n) is 5.48. The van der Waals surface area contributed by atoms with E-state index in [2.05, 4.69) is 4.90 Å². The maximum atomic E-state index is 14.6. The van der Waals surface area contributed by atoms with Crippen molar-refractivity contribution < 1.29 is 22.8 Å². The van der Waals surface area contributed by atoms with Crippen LogP contribution in [0.4, 0.5) is 18.9 Å². The Morgan fingerprint density at radius 3 is 2.50 bits per heavy atom. The molecule has 2 heterocycles. The molecule has 2 aliphatic rings. The quantitative estimate of drug-likeness (QED) is 0.757. The minimum Gasteiger partial charge on any atom is -0.381 e. The number of likely N-dealkylation sites (tertiary alicyclic amines) is 1. The number of amides is 1.